The summed E-state index contributed by atoms with van der Waals surface area (Å²) in [4.78, 5) is 3.57. The first-order valence-electron chi connectivity index (χ1n) is 7.80. The van der Waals surface area contributed by atoms with E-state index in [0.29, 0.717) is 9.94 Å². The molecule has 0 spiro atoms. The van der Waals surface area contributed by atoms with Gasteiger partial charge in [-0.1, -0.05) is 6.92 Å². The number of hydrogen-bond donors (Lipinski definition) is 0. The van der Waals surface area contributed by atoms with Crippen LogP contribution in [0.25, 0.3) is 0 Å². The van der Waals surface area contributed by atoms with Crippen molar-refractivity contribution in [3.8, 4) is 0 Å². The van der Waals surface area contributed by atoms with Crippen LogP contribution in [0.1, 0.15) is 19.8 Å². The highest BCUT2D eigenvalue weighted by Gasteiger charge is 2.20. The third-order valence-corrected chi connectivity index (χ3v) is 4.07. The Hall–Kier alpha value is -1.64. The van der Waals surface area contributed by atoms with Gasteiger partial charge in [-0.15, -0.1) is 10.0 Å². The Kier molecular flexibility index (Phi) is 7.86. The van der Waals surface area contributed by atoms with Crippen molar-refractivity contribution in [1.82, 2.24) is 14.9 Å². The summed E-state index contributed by atoms with van der Waals surface area (Å²) in [6.07, 6.45) is 2.21. The quantitative estimate of drug-likeness (QED) is 0.430. The summed E-state index contributed by atoms with van der Waals surface area (Å²) >= 11 is 0. The molecule has 2 fully saturated rings. The Bertz CT molecular complexity index is 337. The molecule has 22 heavy (non-hydrogen) atoms. The zero-order chi connectivity index (χ0) is 16.5. The van der Waals surface area contributed by atoms with E-state index in [4.69, 9.17) is 0 Å². The number of rotatable bonds is 2. The second-order valence-electron chi connectivity index (χ2n) is 5.80. The van der Waals surface area contributed by atoms with Crippen LogP contribution in [-0.2, 0) is 0 Å². The van der Waals surface area contributed by atoms with E-state index in [1.807, 2.05) is 0 Å². The number of likely N-dealkylation sites (N-methyl/N-ethyl adjacent to an activating group) is 1. The first-order valence-corrected chi connectivity index (χ1v) is 7.80. The van der Waals surface area contributed by atoms with Crippen LogP contribution in [0.15, 0.2) is 10.2 Å². The SMILES string of the molecule is CN=[N+]([O-])N1CCC(C)CC1.CN=[N+]([O-])N1CCN(C)CC1. The summed E-state index contributed by atoms with van der Waals surface area (Å²) in [5.41, 5.74) is 0. The summed E-state index contributed by atoms with van der Waals surface area (Å²) in [7, 11) is 5.08. The van der Waals surface area contributed by atoms with E-state index in [0.717, 1.165) is 58.0 Å². The molecule has 2 aliphatic heterocycles. The molecule has 128 valence electrons. The minimum Gasteiger partial charge on any atom is -0.572 e. The van der Waals surface area contributed by atoms with Crippen molar-refractivity contribution >= 4 is 0 Å². The molecule has 0 aromatic heterocycles. The Morgan fingerprint density at radius 2 is 1.23 bits per heavy atom. The summed E-state index contributed by atoms with van der Waals surface area (Å²) in [5.74, 6) is 0.761. The second kappa shape index (κ2) is 9.39. The van der Waals surface area contributed by atoms with Crippen LogP contribution in [0.5, 0.6) is 0 Å². The average Bonchev–Trinajstić information content (AvgIpc) is 2.55. The Labute approximate surface area is 132 Å². The van der Waals surface area contributed by atoms with Crippen molar-refractivity contribution in [1.29, 1.82) is 0 Å². The maximum absolute atomic E-state index is 10.9. The van der Waals surface area contributed by atoms with Gasteiger partial charge in [0.25, 0.3) is 0 Å². The fourth-order valence-corrected chi connectivity index (χ4v) is 2.39. The first-order chi connectivity index (χ1) is 10.5. The highest BCUT2D eigenvalue weighted by molar-refractivity contribution is 4.63. The monoisotopic (exact) mass is 315 g/mol. The highest BCUT2D eigenvalue weighted by Crippen LogP contribution is 2.15. The van der Waals surface area contributed by atoms with E-state index in [1.165, 1.54) is 14.1 Å². The van der Waals surface area contributed by atoms with Crippen LogP contribution in [0.3, 0.4) is 0 Å². The molecule has 0 aromatic carbocycles. The van der Waals surface area contributed by atoms with Gasteiger partial charge in [0.1, 0.15) is 0 Å². The standard InChI is InChI=1S/C7H15N3O.C6H14N4O/c1-7-3-5-9(6-4-7)10(11)8-2;1-7-10(11)9-5-3-8(2)4-6-9/h7H,3-6H2,1-2H3;3-6H2,1-2H3. The number of hydrogen-bond acceptors (Lipinski definition) is 5. The number of hydrazine groups is 2. The van der Waals surface area contributed by atoms with Gasteiger partial charge in [0.05, 0.1) is 40.3 Å². The molecule has 2 rings (SSSR count). The van der Waals surface area contributed by atoms with Gasteiger partial charge in [-0.3, -0.25) is 0 Å². The molecule has 2 heterocycles. The van der Waals surface area contributed by atoms with Gasteiger partial charge in [-0.05, 0) is 36.0 Å². The average molecular weight is 315 g/mol. The van der Waals surface area contributed by atoms with E-state index >= 15 is 0 Å². The lowest BCUT2D eigenvalue weighted by atomic mass is 10.0. The van der Waals surface area contributed by atoms with Gasteiger partial charge in [-0.25, -0.2) is 0 Å². The van der Waals surface area contributed by atoms with Crippen molar-refractivity contribution in [2.75, 3.05) is 60.4 Å². The molecule has 0 amide bonds. The van der Waals surface area contributed by atoms with Gasteiger partial charge in [0, 0.05) is 23.0 Å². The molecule has 0 saturated carbocycles. The number of piperidine rings is 1. The third kappa shape index (κ3) is 6.00. The van der Waals surface area contributed by atoms with Gasteiger partial charge in [0.15, 0.2) is 0 Å². The lowest BCUT2D eigenvalue weighted by molar-refractivity contribution is -0.694. The molecular weight excluding hydrogens is 286 g/mol. The largest absolute Gasteiger partial charge is 0.572 e. The van der Waals surface area contributed by atoms with Crippen LogP contribution in [-0.4, -0.2) is 85.3 Å². The topological polar surface area (TPSA) is 86.6 Å². The third-order valence-electron chi connectivity index (χ3n) is 4.07. The smallest absolute Gasteiger partial charge is 0.0953 e. The fourth-order valence-electron chi connectivity index (χ4n) is 2.39. The zero-order valence-corrected chi connectivity index (χ0v) is 14.2. The van der Waals surface area contributed by atoms with Crippen molar-refractivity contribution in [3.63, 3.8) is 0 Å². The Balaban J connectivity index is 0.000000220. The molecule has 2 aliphatic rings. The van der Waals surface area contributed by atoms with Crippen LogP contribution in [0, 0.1) is 16.3 Å². The molecule has 0 bridgehead atoms. The molecule has 0 aromatic rings. The lowest BCUT2D eigenvalue weighted by Gasteiger charge is -2.28. The predicted octanol–water partition coefficient (Wildman–Crippen LogP) is 0.967. The summed E-state index contributed by atoms with van der Waals surface area (Å²) in [6.45, 7) is 7.34. The molecule has 0 atom stereocenters. The van der Waals surface area contributed by atoms with Gasteiger partial charge in [0.2, 0.25) is 0 Å². The van der Waals surface area contributed by atoms with Crippen molar-refractivity contribution in [3.05, 3.63) is 10.4 Å². The molecule has 9 heteroatoms. The summed E-state index contributed by atoms with van der Waals surface area (Å²) in [5, 5.41) is 32.4. The maximum atomic E-state index is 10.9. The van der Waals surface area contributed by atoms with Gasteiger partial charge in [-0.2, -0.15) is 0 Å². The van der Waals surface area contributed by atoms with E-state index in [-0.39, 0.29) is 0 Å². The van der Waals surface area contributed by atoms with Gasteiger partial charge < -0.3 is 15.3 Å². The summed E-state index contributed by atoms with van der Waals surface area (Å²) in [6, 6.07) is 0. The lowest BCUT2D eigenvalue weighted by Crippen LogP contribution is -2.47. The highest BCUT2D eigenvalue weighted by atomic mass is 16.5. The van der Waals surface area contributed by atoms with Crippen molar-refractivity contribution in [2.24, 2.45) is 16.1 Å². The molecule has 9 nitrogen and oxygen atoms in total. The van der Waals surface area contributed by atoms with Crippen molar-refractivity contribution < 1.29 is 9.94 Å². The van der Waals surface area contributed by atoms with Crippen LogP contribution < -0.4 is 0 Å². The van der Waals surface area contributed by atoms with Gasteiger partial charge >= 0.3 is 0 Å². The minimum atomic E-state index is 0.674. The molecular formula is C13H29N7O2. The Morgan fingerprint density at radius 1 is 0.818 bits per heavy atom. The molecule has 0 N–H and O–H groups in total. The van der Waals surface area contributed by atoms with E-state index in [1.54, 1.807) is 10.0 Å². The number of piperazine rings is 1. The predicted molar refractivity (Wildman–Crippen MR) is 83.0 cm³/mol. The van der Waals surface area contributed by atoms with E-state index in [2.05, 4.69) is 29.1 Å². The van der Waals surface area contributed by atoms with Crippen molar-refractivity contribution in [2.45, 2.75) is 19.8 Å². The zero-order valence-electron chi connectivity index (χ0n) is 14.2. The molecule has 0 aliphatic carbocycles. The molecule has 0 unspecified atom stereocenters. The maximum Gasteiger partial charge on any atom is 0.0953 e. The fraction of sp³-hybridized carbons (Fsp3) is 1.00. The van der Waals surface area contributed by atoms with Crippen LogP contribution in [0.2, 0.25) is 0 Å². The minimum absolute atomic E-state index is 0.674. The van der Waals surface area contributed by atoms with Crippen LogP contribution >= 0.6 is 0 Å². The Morgan fingerprint density at radius 3 is 1.64 bits per heavy atom. The van der Waals surface area contributed by atoms with Crippen LogP contribution in [0.4, 0.5) is 0 Å². The normalized spacial score (nSPS) is 22.4. The van der Waals surface area contributed by atoms with E-state index < -0.39 is 0 Å². The molecule has 2 saturated heterocycles. The first kappa shape index (κ1) is 18.4. The second-order valence-corrected chi connectivity index (χ2v) is 5.80. The van der Waals surface area contributed by atoms with E-state index in [9.17, 15) is 10.4 Å². The molecule has 0 radical (unpaired) electrons. The number of nitrogens with zero attached hydrogens (tertiary/aromatic N) is 7. The summed E-state index contributed by atoms with van der Waals surface area (Å²) < 4.78 is 0.